The molecule has 1 N–H and O–H groups in total. The van der Waals surface area contributed by atoms with Crippen LogP contribution in [0.1, 0.15) is 42.7 Å². The number of para-hydroxylation sites is 1. The number of nitrogens with one attached hydrogen (secondary N) is 1. The van der Waals surface area contributed by atoms with Crippen LogP contribution < -0.4 is 4.74 Å². The molecule has 0 spiro atoms. The normalized spacial score (nSPS) is 23.1. The summed E-state index contributed by atoms with van der Waals surface area (Å²) in [5.41, 5.74) is 3.29. The fourth-order valence-corrected chi connectivity index (χ4v) is 4.14. The van der Waals surface area contributed by atoms with Gasteiger partial charge in [-0.15, -0.1) is 0 Å². The Bertz CT molecular complexity index is 793. The number of H-pyrrole nitrogens is 1. The fourth-order valence-electron chi connectivity index (χ4n) is 4.14. The number of nitrogens with zero attached hydrogens (tertiary/aromatic N) is 3. The molecule has 1 aromatic carbocycles. The van der Waals surface area contributed by atoms with E-state index in [0.29, 0.717) is 18.3 Å². The van der Waals surface area contributed by atoms with Crippen molar-refractivity contribution in [2.45, 2.75) is 39.3 Å². The number of aromatic nitrogens is 2. The van der Waals surface area contributed by atoms with E-state index >= 15 is 0 Å². The second-order valence-corrected chi connectivity index (χ2v) is 6.78. The molecule has 1 aromatic heterocycles. The maximum absolute atomic E-state index is 13.2. The molecule has 5 heterocycles. The maximum Gasteiger partial charge on any atom is 0.272 e. The molecule has 3 fully saturated rings. The molecule has 2 bridgehead atoms. The Morgan fingerprint density at radius 2 is 1.92 bits per heavy atom. The average molecular weight is 354 g/mol. The first-order valence-corrected chi connectivity index (χ1v) is 9.64. The number of ether oxygens (including phenoxy) is 1. The number of hydrogen-bond acceptors (Lipinski definition) is 4. The highest BCUT2D eigenvalue weighted by Crippen LogP contribution is 2.37. The first-order valence-electron chi connectivity index (χ1n) is 9.64. The van der Waals surface area contributed by atoms with Gasteiger partial charge in [-0.25, -0.2) is 0 Å². The van der Waals surface area contributed by atoms with Crippen LogP contribution in [0.3, 0.4) is 0 Å². The van der Waals surface area contributed by atoms with E-state index in [2.05, 4.69) is 15.1 Å². The third-order valence-corrected chi connectivity index (χ3v) is 5.51. The molecule has 6 heteroatoms. The van der Waals surface area contributed by atoms with Crippen LogP contribution in [0.15, 0.2) is 24.3 Å². The molecule has 4 aliphatic heterocycles. The van der Waals surface area contributed by atoms with Gasteiger partial charge in [0.2, 0.25) is 0 Å². The van der Waals surface area contributed by atoms with Crippen LogP contribution in [-0.4, -0.2) is 58.1 Å². The van der Waals surface area contributed by atoms with Crippen molar-refractivity contribution in [3.63, 3.8) is 0 Å². The molecular weight excluding hydrogens is 328 g/mol. The summed E-state index contributed by atoms with van der Waals surface area (Å²) >= 11 is 0. The summed E-state index contributed by atoms with van der Waals surface area (Å²) in [5.74, 6) is 0.900. The number of amides is 1. The van der Waals surface area contributed by atoms with Crippen molar-refractivity contribution in [2.75, 3.05) is 26.2 Å². The molecule has 6 rings (SSSR count). The van der Waals surface area contributed by atoms with E-state index in [0.717, 1.165) is 61.6 Å². The van der Waals surface area contributed by atoms with Gasteiger partial charge in [-0.05, 0) is 25.0 Å². The smallest absolute Gasteiger partial charge is 0.272 e. The number of carbonyl (C=O) groups excluding carboxylic acids is 1. The lowest BCUT2D eigenvalue weighted by molar-refractivity contribution is 0.0676. The van der Waals surface area contributed by atoms with E-state index in [1.165, 1.54) is 0 Å². The molecule has 1 amide bonds. The summed E-state index contributed by atoms with van der Waals surface area (Å²) in [6, 6.07) is 8.20. The van der Waals surface area contributed by atoms with Crippen molar-refractivity contribution >= 4 is 5.91 Å². The van der Waals surface area contributed by atoms with Crippen molar-refractivity contribution in [3.8, 4) is 17.0 Å². The number of piperidine rings is 1. The summed E-state index contributed by atoms with van der Waals surface area (Å²) < 4.78 is 5.83. The van der Waals surface area contributed by atoms with Gasteiger partial charge in [0, 0.05) is 43.3 Å². The van der Waals surface area contributed by atoms with Gasteiger partial charge in [-0.3, -0.25) is 9.89 Å². The number of carbonyl (C=O) groups is 1. The minimum atomic E-state index is 0.0699. The molecule has 0 aliphatic carbocycles. The van der Waals surface area contributed by atoms with Gasteiger partial charge in [-0.1, -0.05) is 26.0 Å². The summed E-state index contributed by atoms with van der Waals surface area (Å²) in [4.78, 5) is 17.7. The number of benzene rings is 1. The van der Waals surface area contributed by atoms with Gasteiger partial charge in [0.1, 0.15) is 23.7 Å². The van der Waals surface area contributed by atoms with Crippen LogP contribution in [0.4, 0.5) is 0 Å². The molecular formula is C20H26N4O2. The Labute approximate surface area is 154 Å². The van der Waals surface area contributed by atoms with E-state index in [-0.39, 0.29) is 5.91 Å². The lowest BCUT2D eigenvalue weighted by Crippen LogP contribution is -2.42. The molecule has 6 nitrogen and oxygen atoms in total. The van der Waals surface area contributed by atoms with Crippen molar-refractivity contribution in [3.05, 3.63) is 35.5 Å². The third kappa shape index (κ3) is 2.78. The standard InChI is InChI=1S/C18H20N4O2.C2H6/c23-18(22-10-9-21-7-5-12(22)6-8-21)17-14-11-24-15-4-2-1-3-13(15)16(14)19-20-17;1-2/h1-4,12H,5-11H2,(H,19,20);1-2H3. The Kier molecular flexibility index (Phi) is 4.68. The molecule has 138 valence electrons. The third-order valence-electron chi connectivity index (χ3n) is 5.51. The Balaban J connectivity index is 0.000000814. The molecule has 4 aliphatic rings. The molecule has 0 unspecified atom stereocenters. The van der Waals surface area contributed by atoms with E-state index in [1.807, 2.05) is 43.0 Å². The molecule has 26 heavy (non-hydrogen) atoms. The maximum atomic E-state index is 13.2. The highest BCUT2D eigenvalue weighted by atomic mass is 16.5. The molecule has 2 aromatic rings. The summed E-state index contributed by atoms with van der Waals surface area (Å²) in [6.45, 7) is 8.37. The van der Waals surface area contributed by atoms with Crippen LogP contribution >= 0.6 is 0 Å². The van der Waals surface area contributed by atoms with Gasteiger partial charge >= 0.3 is 0 Å². The SMILES string of the molecule is CC.O=C(c1[nH]nc2c1COc1ccccc1-2)N1CCN2CCC1CC2. The summed E-state index contributed by atoms with van der Waals surface area (Å²) in [5, 5.41) is 7.43. The predicted molar refractivity (Wildman–Crippen MR) is 100 cm³/mol. The van der Waals surface area contributed by atoms with Gasteiger partial charge in [-0.2, -0.15) is 5.10 Å². The second-order valence-electron chi connectivity index (χ2n) is 6.78. The van der Waals surface area contributed by atoms with Gasteiger partial charge in [0.15, 0.2) is 0 Å². The Morgan fingerprint density at radius 3 is 2.73 bits per heavy atom. The average Bonchev–Trinajstić information content (AvgIpc) is 2.92. The quantitative estimate of drug-likeness (QED) is 0.855. The van der Waals surface area contributed by atoms with E-state index in [9.17, 15) is 4.79 Å². The lowest BCUT2D eigenvalue weighted by atomic mass is 10.0. The Morgan fingerprint density at radius 1 is 1.15 bits per heavy atom. The van der Waals surface area contributed by atoms with Gasteiger partial charge in [0.05, 0.1) is 0 Å². The van der Waals surface area contributed by atoms with Crippen LogP contribution in [0.2, 0.25) is 0 Å². The van der Waals surface area contributed by atoms with E-state index in [4.69, 9.17) is 4.74 Å². The summed E-state index contributed by atoms with van der Waals surface area (Å²) in [7, 11) is 0. The minimum absolute atomic E-state index is 0.0699. The van der Waals surface area contributed by atoms with Crippen molar-refractivity contribution in [2.24, 2.45) is 0 Å². The minimum Gasteiger partial charge on any atom is -0.488 e. The van der Waals surface area contributed by atoms with Gasteiger partial charge in [0.25, 0.3) is 5.91 Å². The van der Waals surface area contributed by atoms with Crippen LogP contribution in [0.5, 0.6) is 5.75 Å². The molecule has 0 radical (unpaired) electrons. The number of fused-ring (bicyclic) bond motifs is 7. The fraction of sp³-hybridized carbons (Fsp3) is 0.500. The zero-order valence-corrected chi connectivity index (χ0v) is 15.5. The van der Waals surface area contributed by atoms with E-state index < -0.39 is 0 Å². The zero-order chi connectivity index (χ0) is 18.1. The molecule has 3 saturated heterocycles. The monoisotopic (exact) mass is 354 g/mol. The lowest BCUT2D eigenvalue weighted by Gasteiger charge is -2.31. The highest BCUT2D eigenvalue weighted by molar-refractivity contribution is 5.96. The summed E-state index contributed by atoms with van der Waals surface area (Å²) in [6.07, 6.45) is 2.14. The molecule has 0 atom stereocenters. The topological polar surface area (TPSA) is 61.5 Å². The second kappa shape index (κ2) is 7.11. The number of hydrogen-bond donors (Lipinski definition) is 1. The van der Waals surface area contributed by atoms with Crippen molar-refractivity contribution in [1.29, 1.82) is 0 Å². The highest BCUT2D eigenvalue weighted by Gasteiger charge is 2.35. The zero-order valence-electron chi connectivity index (χ0n) is 15.5. The van der Waals surface area contributed by atoms with Crippen LogP contribution in [0.25, 0.3) is 11.3 Å². The van der Waals surface area contributed by atoms with Crippen molar-refractivity contribution in [1.82, 2.24) is 20.0 Å². The molecule has 0 saturated carbocycles. The largest absolute Gasteiger partial charge is 0.488 e. The van der Waals surface area contributed by atoms with Crippen molar-refractivity contribution < 1.29 is 9.53 Å². The Hall–Kier alpha value is -2.34. The number of aromatic amines is 1. The van der Waals surface area contributed by atoms with Crippen LogP contribution in [0, 0.1) is 0 Å². The first kappa shape index (κ1) is 17.1. The van der Waals surface area contributed by atoms with Gasteiger partial charge < -0.3 is 14.5 Å². The van der Waals surface area contributed by atoms with E-state index in [1.54, 1.807) is 0 Å². The predicted octanol–water partition coefficient (Wildman–Crippen LogP) is 2.92. The first-order chi connectivity index (χ1) is 12.8. The number of rotatable bonds is 1. The van der Waals surface area contributed by atoms with Crippen LogP contribution in [-0.2, 0) is 6.61 Å².